The van der Waals surface area contributed by atoms with Gasteiger partial charge in [0.15, 0.2) is 0 Å². The van der Waals surface area contributed by atoms with Gasteiger partial charge in [-0.1, -0.05) is 96.0 Å². The molecule has 1 unspecified atom stereocenters. The maximum absolute atomic E-state index is 13.7. The Balaban J connectivity index is 1.39. The molecule has 1 atom stereocenters. The van der Waals surface area contributed by atoms with Crippen LogP contribution in [0.4, 0.5) is 11.4 Å². The van der Waals surface area contributed by atoms with E-state index < -0.39 is 17.1 Å². The summed E-state index contributed by atoms with van der Waals surface area (Å²) in [5.41, 5.74) is 2.79. The molecule has 0 fully saturated rings. The van der Waals surface area contributed by atoms with E-state index in [0.29, 0.717) is 38.3 Å². The van der Waals surface area contributed by atoms with Crippen molar-refractivity contribution in [3.63, 3.8) is 0 Å². The highest BCUT2D eigenvalue weighted by molar-refractivity contribution is 8.00. The van der Waals surface area contributed by atoms with Gasteiger partial charge >= 0.3 is 0 Å². The second-order valence-electron chi connectivity index (χ2n) is 10.1. The van der Waals surface area contributed by atoms with Gasteiger partial charge in [0, 0.05) is 27.4 Å². The lowest BCUT2D eigenvalue weighted by Gasteiger charge is -2.18. The van der Waals surface area contributed by atoms with Gasteiger partial charge in [0.2, 0.25) is 5.91 Å². The molecule has 3 amide bonds. The summed E-state index contributed by atoms with van der Waals surface area (Å²) in [5, 5.41) is 8.64. The predicted octanol–water partition coefficient (Wildman–Crippen LogP) is 8.88. The molecule has 0 radical (unpaired) electrons. The molecule has 0 bridgehead atoms. The van der Waals surface area contributed by atoms with Gasteiger partial charge in [-0.05, 0) is 66.2 Å². The molecular formula is C37H29Cl2N3O4S. The molecule has 0 saturated carbocycles. The van der Waals surface area contributed by atoms with Crippen LogP contribution in [0.15, 0.2) is 138 Å². The number of hydrogen-bond donors (Lipinski definition) is 3. The van der Waals surface area contributed by atoms with Crippen LogP contribution in [0.1, 0.15) is 26.7 Å². The number of para-hydroxylation sites is 1. The van der Waals surface area contributed by atoms with Crippen molar-refractivity contribution in [3.8, 4) is 5.75 Å². The molecule has 0 aliphatic carbocycles. The average molecular weight is 683 g/mol. The Morgan fingerprint density at radius 3 is 2.13 bits per heavy atom. The Kier molecular flexibility index (Phi) is 11.4. The normalized spacial score (nSPS) is 11.7. The van der Waals surface area contributed by atoms with Crippen LogP contribution in [0, 0.1) is 0 Å². The number of halogens is 2. The van der Waals surface area contributed by atoms with Crippen LogP contribution < -0.4 is 20.7 Å². The van der Waals surface area contributed by atoms with E-state index in [0.717, 1.165) is 10.5 Å². The monoisotopic (exact) mass is 681 g/mol. The first kappa shape index (κ1) is 33.3. The van der Waals surface area contributed by atoms with Gasteiger partial charge in [0.25, 0.3) is 11.8 Å². The molecular weight excluding hydrogens is 653 g/mol. The van der Waals surface area contributed by atoms with E-state index in [1.54, 1.807) is 84.9 Å². The van der Waals surface area contributed by atoms with Crippen LogP contribution >= 0.6 is 35.0 Å². The van der Waals surface area contributed by atoms with E-state index >= 15 is 0 Å². The van der Waals surface area contributed by atoms with Crippen molar-refractivity contribution < 1.29 is 19.1 Å². The Labute approximate surface area is 287 Å². The van der Waals surface area contributed by atoms with Crippen LogP contribution in [-0.2, 0) is 9.59 Å². The zero-order chi connectivity index (χ0) is 33.2. The quantitative estimate of drug-likeness (QED) is 0.0956. The standard InChI is InChI=1S/C37H29Cl2N3O4S/c1-46-33-18-9-8-15-26(33)21-32(42-35(43)25-13-6-3-7-14-25)36(44)40-27-16-10-17-29(22-27)47-34(24-11-4-2-5-12-24)37(45)41-28-19-20-30(38)31(39)23-28/h2-23,34H,1H3,(H,40,44)(H,41,45)(H,42,43)/b32-21+. The highest BCUT2D eigenvalue weighted by Crippen LogP contribution is 2.37. The zero-order valence-corrected chi connectivity index (χ0v) is 27.4. The van der Waals surface area contributed by atoms with E-state index in [1.807, 2.05) is 48.5 Å². The van der Waals surface area contributed by atoms with Gasteiger partial charge in [-0.2, -0.15) is 0 Å². The van der Waals surface area contributed by atoms with Gasteiger partial charge in [-0.15, -0.1) is 11.8 Å². The minimum Gasteiger partial charge on any atom is -0.496 e. The van der Waals surface area contributed by atoms with Crippen molar-refractivity contribution in [3.05, 3.63) is 160 Å². The number of methoxy groups -OCH3 is 1. The number of ether oxygens (including phenoxy) is 1. The van der Waals surface area contributed by atoms with E-state index in [9.17, 15) is 14.4 Å². The molecule has 0 aromatic heterocycles. The molecule has 0 heterocycles. The summed E-state index contributed by atoms with van der Waals surface area (Å²) in [4.78, 5) is 41.1. The Morgan fingerprint density at radius 1 is 0.723 bits per heavy atom. The average Bonchev–Trinajstić information content (AvgIpc) is 3.09. The summed E-state index contributed by atoms with van der Waals surface area (Å²) in [5.74, 6) is -0.708. The SMILES string of the molecule is COc1ccccc1/C=C(/NC(=O)c1ccccc1)C(=O)Nc1cccc(SC(C(=O)Nc2ccc(Cl)c(Cl)c2)c2ccccc2)c1. The van der Waals surface area contributed by atoms with Crippen molar-refractivity contribution in [2.75, 3.05) is 17.7 Å². The van der Waals surface area contributed by atoms with Gasteiger partial charge in [0.05, 0.1) is 17.2 Å². The molecule has 0 spiro atoms. The van der Waals surface area contributed by atoms with Crippen LogP contribution in [0.3, 0.4) is 0 Å². The summed E-state index contributed by atoms with van der Waals surface area (Å²) in [7, 11) is 1.53. The molecule has 0 aliphatic rings. The third-order valence-corrected chi connectivity index (χ3v) is 8.83. The molecule has 5 aromatic carbocycles. The van der Waals surface area contributed by atoms with Crippen molar-refractivity contribution >= 4 is 70.1 Å². The molecule has 5 aromatic rings. The summed E-state index contributed by atoms with van der Waals surface area (Å²) in [6.07, 6.45) is 1.56. The highest BCUT2D eigenvalue weighted by atomic mass is 35.5. The van der Waals surface area contributed by atoms with Gasteiger partial charge in [-0.3, -0.25) is 14.4 Å². The van der Waals surface area contributed by atoms with E-state index in [4.69, 9.17) is 27.9 Å². The Hall–Kier alpha value is -5.02. The van der Waals surface area contributed by atoms with Crippen LogP contribution in [0.5, 0.6) is 5.75 Å². The van der Waals surface area contributed by atoms with Crippen LogP contribution in [0.2, 0.25) is 10.0 Å². The fourth-order valence-corrected chi connectivity index (χ4v) is 5.93. The van der Waals surface area contributed by atoms with E-state index in [2.05, 4.69) is 16.0 Å². The minimum absolute atomic E-state index is 0.0181. The highest BCUT2D eigenvalue weighted by Gasteiger charge is 2.23. The number of carbonyl (C=O) groups is 3. The topological polar surface area (TPSA) is 96.5 Å². The number of hydrogen-bond acceptors (Lipinski definition) is 5. The first-order valence-electron chi connectivity index (χ1n) is 14.4. The lowest BCUT2D eigenvalue weighted by molar-refractivity contribution is -0.116. The van der Waals surface area contributed by atoms with Crippen molar-refractivity contribution in [2.24, 2.45) is 0 Å². The number of anilines is 2. The van der Waals surface area contributed by atoms with Gasteiger partial charge in [0.1, 0.15) is 16.7 Å². The third kappa shape index (κ3) is 9.04. The molecule has 5 rings (SSSR count). The Morgan fingerprint density at radius 2 is 1.40 bits per heavy atom. The van der Waals surface area contributed by atoms with Gasteiger partial charge in [-0.25, -0.2) is 0 Å². The summed E-state index contributed by atoms with van der Waals surface area (Å²) < 4.78 is 5.45. The summed E-state index contributed by atoms with van der Waals surface area (Å²) in [6.45, 7) is 0. The Bertz CT molecular complexity index is 1920. The third-order valence-electron chi connectivity index (χ3n) is 6.84. The fourth-order valence-electron chi connectivity index (χ4n) is 4.55. The largest absolute Gasteiger partial charge is 0.496 e. The van der Waals surface area contributed by atoms with Gasteiger partial charge < -0.3 is 20.7 Å². The number of carbonyl (C=O) groups excluding carboxylic acids is 3. The zero-order valence-electron chi connectivity index (χ0n) is 25.1. The number of thioether (sulfide) groups is 1. The summed E-state index contributed by atoms with van der Waals surface area (Å²) in [6, 6.07) is 37.2. The number of amides is 3. The molecule has 7 nitrogen and oxygen atoms in total. The maximum Gasteiger partial charge on any atom is 0.272 e. The number of rotatable bonds is 11. The second kappa shape index (κ2) is 16.0. The fraction of sp³-hybridized carbons (Fsp3) is 0.0541. The molecule has 0 aliphatic heterocycles. The van der Waals surface area contributed by atoms with Crippen LogP contribution in [0.25, 0.3) is 6.08 Å². The van der Waals surface area contributed by atoms with Crippen molar-refractivity contribution in [2.45, 2.75) is 10.1 Å². The van der Waals surface area contributed by atoms with Crippen molar-refractivity contribution in [1.29, 1.82) is 0 Å². The van der Waals surface area contributed by atoms with Crippen LogP contribution in [-0.4, -0.2) is 24.8 Å². The first-order chi connectivity index (χ1) is 22.8. The maximum atomic E-state index is 13.7. The molecule has 3 N–H and O–H groups in total. The van der Waals surface area contributed by atoms with E-state index in [-0.39, 0.29) is 11.6 Å². The molecule has 10 heteroatoms. The van der Waals surface area contributed by atoms with Crippen molar-refractivity contribution in [1.82, 2.24) is 5.32 Å². The van der Waals surface area contributed by atoms with E-state index in [1.165, 1.54) is 18.9 Å². The minimum atomic E-state index is -0.636. The lowest BCUT2D eigenvalue weighted by atomic mass is 10.1. The smallest absolute Gasteiger partial charge is 0.272 e. The second-order valence-corrected chi connectivity index (χ2v) is 12.1. The number of benzene rings is 5. The molecule has 0 saturated heterocycles. The predicted molar refractivity (Wildman–Crippen MR) is 190 cm³/mol. The number of nitrogens with one attached hydrogen (secondary N) is 3. The molecule has 47 heavy (non-hydrogen) atoms. The molecule has 236 valence electrons. The summed E-state index contributed by atoms with van der Waals surface area (Å²) >= 11 is 13.5. The first-order valence-corrected chi connectivity index (χ1v) is 16.0. The lowest BCUT2D eigenvalue weighted by Crippen LogP contribution is -2.30.